The topological polar surface area (TPSA) is 86.8 Å². The summed E-state index contributed by atoms with van der Waals surface area (Å²) in [6.07, 6.45) is 4.09. The lowest BCUT2D eigenvalue weighted by Crippen LogP contribution is -2.54. The molecule has 1 aliphatic rings. The molecule has 1 atom stereocenters. The number of carbonyl (C=O) groups is 2. The van der Waals surface area contributed by atoms with E-state index in [2.05, 4.69) is 21.2 Å². The Balaban J connectivity index is 1.56. The van der Waals surface area contributed by atoms with Crippen molar-refractivity contribution in [1.29, 1.82) is 0 Å². The summed E-state index contributed by atoms with van der Waals surface area (Å²) in [6.45, 7) is -0.501. The number of nitrogens with zero attached hydrogens (tertiary/aromatic N) is 2. The Kier molecular flexibility index (Phi) is 11.0. The maximum atomic E-state index is 14.5. The van der Waals surface area contributed by atoms with Crippen LogP contribution in [-0.2, 0) is 32.6 Å². The highest BCUT2D eigenvalue weighted by Gasteiger charge is 2.35. The van der Waals surface area contributed by atoms with Crippen LogP contribution in [0.1, 0.15) is 36.8 Å². The summed E-state index contributed by atoms with van der Waals surface area (Å²) < 4.78 is 30.0. The second-order valence-corrected chi connectivity index (χ2v) is 14.3. The molecular weight excluding hydrogens is 674 g/mol. The lowest BCUT2D eigenvalue weighted by atomic mass is 10.0. The first kappa shape index (κ1) is 32.7. The Labute approximate surface area is 278 Å². The molecule has 5 rings (SSSR count). The van der Waals surface area contributed by atoms with Crippen LogP contribution >= 0.6 is 27.5 Å². The summed E-state index contributed by atoms with van der Waals surface area (Å²) in [4.78, 5) is 30.1. The number of hydrogen-bond donors (Lipinski definition) is 1. The molecule has 1 fully saturated rings. The highest BCUT2D eigenvalue weighted by atomic mass is 79.9. The largest absolute Gasteiger partial charge is 0.352 e. The number of benzene rings is 4. The van der Waals surface area contributed by atoms with Crippen LogP contribution in [0.25, 0.3) is 0 Å². The number of amides is 2. The van der Waals surface area contributed by atoms with Gasteiger partial charge in [0.1, 0.15) is 12.6 Å². The van der Waals surface area contributed by atoms with Crippen LogP contribution in [0.15, 0.2) is 119 Å². The number of halogens is 2. The molecule has 0 radical (unpaired) electrons. The molecule has 1 saturated carbocycles. The zero-order chi connectivity index (χ0) is 31.8. The number of nitrogens with one attached hydrogen (secondary N) is 1. The van der Waals surface area contributed by atoms with E-state index in [1.54, 1.807) is 54.6 Å². The fourth-order valence-electron chi connectivity index (χ4n) is 5.59. The average Bonchev–Trinajstić information content (AvgIpc) is 3.56. The highest BCUT2D eigenvalue weighted by Crippen LogP contribution is 2.27. The number of rotatable bonds is 12. The fourth-order valence-corrected chi connectivity index (χ4v) is 7.48. The highest BCUT2D eigenvalue weighted by molar-refractivity contribution is 9.10. The summed E-state index contributed by atoms with van der Waals surface area (Å²) in [6, 6.07) is 30.6. The molecular formula is C35H35BrClN3O4S. The summed E-state index contributed by atoms with van der Waals surface area (Å²) in [7, 11) is -4.16. The van der Waals surface area contributed by atoms with Crippen molar-refractivity contribution in [2.45, 2.75) is 55.6 Å². The molecule has 45 heavy (non-hydrogen) atoms. The molecule has 10 heteroatoms. The van der Waals surface area contributed by atoms with Crippen LogP contribution in [0, 0.1) is 0 Å². The smallest absolute Gasteiger partial charge is 0.264 e. The Morgan fingerprint density at radius 1 is 0.844 bits per heavy atom. The molecule has 0 bridgehead atoms. The third-order valence-corrected chi connectivity index (χ3v) is 10.7. The first-order valence-electron chi connectivity index (χ1n) is 14.9. The summed E-state index contributed by atoms with van der Waals surface area (Å²) in [5, 5.41) is 3.63. The standard InChI is InChI=1S/C35H35BrClN3O4S/c36-28-19-21-30(22-20-28)40(45(43,44)31-16-5-2-6-17-31)25-34(41)39(24-27-13-7-10-18-32(27)37)33(23-26-11-3-1-4-12-26)35(42)38-29-14-8-9-15-29/h1-7,10-13,16-22,29,33H,8-9,14-15,23-25H2,(H,38,42). The van der Waals surface area contributed by atoms with Gasteiger partial charge in [-0.05, 0) is 66.4 Å². The predicted octanol–water partition coefficient (Wildman–Crippen LogP) is 7.00. The lowest BCUT2D eigenvalue weighted by Gasteiger charge is -2.34. The number of anilines is 1. The summed E-state index contributed by atoms with van der Waals surface area (Å²) >= 11 is 9.98. The van der Waals surface area contributed by atoms with Gasteiger partial charge in [-0.15, -0.1) is 0 Å². The Morgan fingerprint density at radius 3 is 2.09 bits per heavy atom. The van der Waals surface area contributed by atoms with Gasteiger partial charge < -0.3 is 10.2 Å². The number of sulfonamides is 1. The van der Waals surface area contributed by atoms with Crippen molar-refractivity contribution in [3.8, 4) is 0 Å². The minimum atomic E-state index is -4.16. The molecule has 4 aromatic rings. The zero-order valence-corrected chi connectivity index (χ0v) is 27.8. The molecule has 2 amide bonds. The molecule has 234 valence electrons. The second-order valence-electron chi connectivity index (χ2n) is 11.1. The molecule has 1 N–H and O–H groups in total. The van der Waals surface area contributed by atoms with E-state index in [0.29, 0.717) is 16.3 Å². The Bertz CT molecular complexity index is 1700. The van der Waals surface area contributed by atoms with E-state index >= 15 is 0 Å². The van der Waals surface area contributed by atoms with E-state index in [1.807, 2.05) is 42.5 Å². The van der Waals surface area contributed by atoms with Gasteiger partial charge in [-0.3, -0.25) is 13.9 Å². The first-order chi connectivity index (χ1) is 21.7. The summed E-state index contributed by atoms with van der Waals surface area (Å²) in [5.41, 5.74) is 1.85. The van der Waals surface area contributed by atoms with Gasteiger partial charge in [-0.25, -0.2) is 8.42 Å². The van der Waals surface area contributed by atoms with Crippen molar-refractivity contribution in [3.05, 3.63) is 130 Å². The Morgan fingerprint density at radius 2 is 1.44 bits per heavy atom. The van der Waals surface area contributed by atoms with Gasteiger partial charge in [0, 0.05) is 28.5 Å². The normalized spacial score (nSPS) is 14.1. The van der Waals surface area contributed by atoms with E-state index in [4.69, 9.17) is 11.6 Å². The molecule has 1 unspecified atom stereocenters. The minimum absolute atomic E-state index is 0.0215. The maximum absolute atomic E-state index is 14.5. The van der Waals surface area contributed by atoms with Crippen LogP contribution < -0.4 is 9.62 Å². The molecule has 0 aromatic heterocycles. The van der Waals surface area contributed by atoms with Gasteiger partial charge >= 0.3 is 0 Å². The number of hydrogen-bond acceptors (Lipinski definition) is 4. The molecule has 7 nitrogen and oxygen atoms in total. The van der Waals surface area contributed by atoms with Crippen molar-refractivity contribution in [3.63, 3.8) is 0 Å². The monoisotopic (exact) mass is 707 g/mol. The van der Waals surface area contributed by atoms with Crippen LogP contribution in [-0.4, -0.2) is 43.8 Å². The first-order valence-corrected chi connectivity index (χ1v) is 17.5. The van der Waals surface area contributed by atoms with Crippen molar-refractivity contribution in [2.24, 2.45) is 0 Å². The maximum Gasteiger partial charge on any atom is 0.264 e. The van der Waals surface area contributed by atoms with E-state index in [0.717, 1.165) is 40.0 Å². The van der Waals surface area contributed by atoms with Crippen molar-refractivity contribution in [1.82, 2.24) is 10.2 Å². The average molecular weight is 709 g/mol. The predicted molar refractivity (Wildman–Crippen MR) is 181 cm³/mol. The van der Waals surface area contributed by atoms with Crippen LogP contribution in [0.5, 0.6) is 0 Å². The van der Waals surface area contributed by atoms with Crippen LogP contribution in [0.2, 0.25) is 5.02 Å². The Hall–Kier alpha value is -3.66. The van der Waals surface area contributed by atoms with Gasteiger partial charge in [-0.2, -0.15) is 0 Å². The molecule has 0 saturated heterocycles. The molecule has 1 aliphatic carbocycles. The molecule has 0 heterocycles. The van der Waals surface area contributed by atoms with Crippen molar-refractivity contribution in [2.75, 3.05) is 10.8 Å². The van der Waals surface area contributed by atoms with Crippen LogP contribution in [0.4, 0.5) is 5.69 Å². The van der Waals surface area contributed by atoms with Gasteiger partial charge in [0.25, 0.3) is 10.0 Å². The van der Waals surface area contributed by atoms with Gasteiger partial charge in [-0.1, -0.05) is 107 Å². The van der Waals surface area contributed by atoms with E-state index in [1.165, 1.54) is 17.0 Å². The third kappa shape index (κ3) is 8.34. The molecule has 0 aliphatic heterocycles. The molecule has 4 aromatic carbocycles. The minimum Gasteiger partial charge on any atom is -0.352 e. The van der Waals surface area contributed by atoms with E-state index < -0.39 is 28.5 Å². The zero-order valence-electron chi connectivity index (χ0n) is 24.7. The lowest BCUT2D eigenvalue weighted by molar-refractivity contribution is -0.140. The third-order valence-electron chi connectivity index (χ3n) is 8.00. The van der Waals surface area contributed by atoms with Crippen molar-refractivity contribution < 1.29 is 18.0 Å². The van der Waals surface area contributed by atoms with Gasteiger partial charge in [0.15, 0.2) is 0 Å². The van der Waals surface area contributed by atoms with Gasteiger partial charge in [0.2, 0.25) is 11.8 Å². The summed E-state index contributed by atoms with van der Waals surface area (Å²) in [5.74, 6) is -0.799. The molecule has 0 spiro atoms. The fraction of sp³-hybridized carbons (Fsp3) is 0.257. The van der Waals surface area contributed by atoms with Crippen molar-refractivity contribution >= 4 is 55.1 Å². The van der Waals surface area contributed by atoms with Crippen LogP contribution in [0.3, 0.4) is 0 Å². The number of carbonyl (C=O) groups excluding carboxylic acids is 2. The van der Waals surface area contributed by atoms with E-state index in [-0.39, 0.29) is 29.8 Å². The second kappa shape index (κ2) is 15.1. The SMILES string of the molecule is O=C(NC1CCCC1)C(Cc1ccccc1)N(Cc1ccccc1Cl)C(=O)CN(c1ccc(Br)cc1)S(=O)(=O)c1ccccc1. The van der Waals surface area contributed by atoms with E-state index in [9.17, 15) is 18.0 Å². The quantitative estimate of drug-likeness (QED) is 0.172. The van der Waals surface area contributed by atoms with Gasteiger partial charge in [0.05, 0.1) is 10.6 Å².